The van der Waals surface area contributed by atoms with Crippen LogP contribution in [-0.2, 0) is 9.63 Å². The molecule has 160 valence electrons. The van der Waals surface area contributed by atoms with E-state index in [0.29, 0.717) is 5.56 Å². The first-order valence-electron chi connectivity index (χ1n) is 8.78. The maximum Gasteiger partial charge on any atom is 0.262 e. The third-order valence-electron chi connectivity index (χ3n) is 4.04. The van der Waals surface area contributed by atoms with Crippen molar-refractivity contribution in [2.45, 2.75) is 6.92 Å². The first kappa shape index (κ1) is 22.7. The lowest BCUT2D eigenvalue weighted by Gasteiger charge is -2.15. The van der Waals surface area contributed by atoms with E-state index in [0.717, 1.165) is 12.3 Å². The minimum Gasteiger partial charge on any atom is -0.386 e. The molecular formula is C20H21F3N4O3. The topological polar surface area (TPSA) is 83.0 Å². The van der Waals surface area contributed by atoms with Crippen LogP contribution in [0, 0.1) is 24.4 Å². The number of halogens is 3. The zero-order chi connectivity index (χ0) is 22.4. The number of amides is 2. The van der Waals surface area contributed by atoms with Gasteiger partial charge >= 0.3 is 0 Å². The minimum atomic E-state index is -1.40. The molecule has 0 heterocycles. The molecule has 2 rings (SSSR count). The van der Waals surface area contributed by atoms with Crippen molar-refractivity contribution in [1.29, 1.82) is 0 Å². The van der Waals surface area contributed by atoms with Crippen LogP contribution >= 0.6 is 0 Å². The molecule has 0 aliphatic carbocycles. The fourth-order valence-electron chi connectivity index (χ4n) is 2.35. The highest BCUT2D eigenvalue weighted by Gasteiger charge is 2.22. The van der Waals surface area contributed by atoms with Crippen LogP contribution in [0.5, 0.6) is 0 Å². The molecule has 2 aromatic carbocycles. The van der Waals surface area contributed by atoms with Crippen LogP contribution in [0.25, 0.3) is 0 Å². The number of oxime groups is 1. The number of carbonyl (C=O) groups is 2. The molecule has 0 bridgehead atoms. The quantitative estimate of drug-likeness (QED) is 0.531. The Labute approximate surface area is 171 Å². The van der Waals surface area contributed by atoms with Gasteiger partial charge in [0.05, 0.1) is 23.2 Å². The highest BCUT2D eigenvalue weighted by atomic mass is 19.2. The predicted molar refractivity (Wildman–Crippen MR) is 106 cm³/mol. The molecule has 0 saturated carbocycles. The van der Waals surface area contributed by atoms with E-state index in [1.54, 1.807) is 13.0 Å². The molecule has 2 N–H and O–H groups in total. The number of rotatable bonds is 7. The van der Waals surface area contributed by atoms with Gasteiger partial charge in [-0.1, -0.05) is 11.2 Å². The Balaban J connectivity index is 2.40. The number of hydrogen-bond donors (Lipinski definition) is 2. The number of nitrogens with one attached hydrogen (secondary N) is 2. The summed E-state index contributed by atoms with van der Waals surface area (Å²) in [6.07, 6.45) is 0.837. The molecule has 0 unspecified atom stereocenters. The van der Waals surface area contributed by atoms with E-state index >= 15 is 0 Å². The van der Waals surface area contributed by atoms with Crippen molar-refractivity contribution in [2.75, 3.05) is 33.1 Å². The van der Waals surface area contributed by atoms with Crippen molar-refractivity contribution < 1.29 is 27.6 Å². The van der Waals surface area contributed by atoms with Crippen LogP contribution in [0.2, 0.25) is 0 Å². The molecule has 10 heteroatoms. The number of carbonyl (C=O) groups excluding carboxylic acids is 2. The Morgan fingerprint density at radius 3 is 2.47 bits per heavy atom. The number of anilines is 2. The SMILES string of the molecule is CNC(=O)c1cc(/C=N/OCC(=O)N(C)C)c(F)c(F)c1Nc1ccc(C)cc1F. The molecule has 0 spiro atoms. The van der Waals surface area contributed by atoms with Gasteiger partial charge < -0.3 is 20.4 Å². The smallest absolute Gasteiger partial charge is 0.262 e. The van der Waals surface area contributed by atoms with Gasteiger partial charge in [-0.05, 0) is 30.7 Å². The van der Waals surface area contributed by atoms with Crippen LogP contribution in [0.4, 0.5) is 24.5 Å². The normalized spacial score (nSPS) is 10.8. The van der Waals surface area contributed by atoms with Crippen LogP contribution < -0.4 is 10.6 Å². The summed E-state index contributed by atoms with van der Waals surface area (Å²) >= 11 is 0. The number of benzene rings is 2. The Morgan fingerprint density at radius 2 is 1.87 bits per heavy atom. The lowest BCUT2D eigenvalue weighted by Crippen LogP contribution is -2.25. The fraction of sp³-hybridized carbons (Fsp3) is 0.250. The van der Waals surface area contributed by atoms with Crippen LogP contribution in [0.1, 0.15) is 21.5 Å². The van der Waals surface area contributed by atoms with E-state index in [1.165, 1.54) is 38.2 Å². The summed E-state index contributed by atoms with van der Waals surface area (Å²) in [5, 5.41) is 8.19. The number of hydrogen-bond acceptors (Lipinski definition) is 5. The second-order valence-corrected chi connectivity index (χ2v) is 6.50. The van der Waals surface area contributed by atoms with Gasteiger partial charge in [-0.2, -0.15) is 0 Å². The summed E-state index contributed by atoms with van der Waals surface area (Å²) in [5.41, 5.74) is -0.692. The van der Waals surface area contributed by atoms with Crippen molar-refractivity contribution >= 4 is 29.4 Å². The van der Waals surface area contributed by atoms with E-state index in [1.807, 2.05) is 0 Å². The van der Waals surface area contributed by atoms with Gasteiger partial charge in [-0.15, -0.1) is 0 Å². The molecule has 0 fully saturated rings. The Hall–Kier alpha value is -3.56. The Kier molecular flexibility index (Phi) is 7.40. The Morgan fingerprint density at radius 1 is 1.17 bits per heavy atom. The van der Waals surface area contributed by atoms with Crippen LogP contribution in [0.3, 0.4) is 0 Å². The number of nitrogens with zero attached hydrogens (tertiary/aromatic N) is 2. The molecule has 0 aromatic heterocycles. The van der Waals surface area contributed by atoms with Gasteiger partial charge in [-0.3, -0.25) is 9.59 Å². The largest absolute Gasteiger partial charge is 0.386 e. The molecule has 2 aromatic rings. The van der Waals surface area contributed by atoms with Gasteiger partial charge in [-0.25, -0.2) is 13.2 Å². The van der Waals surface area contributed by atoms with Crippen molar-refractivity contribution in [3.8, 4) is 0 Å². The van der Waals surface area contributed by atoms with Gasteiger partial charge in [0.15, 0.2) is 18.2 Å². The first-order chi connectivity index (χ1) is 14.1. The zero-order valence-electron chi connectivity index (χ0n) is 16.8. The molecule has 0 saturated heterocycles. The van der Waals surface area contributed by atoms with Crippen LogP contribution in [-0.4, -0.2) is 50.7 Å². The van der Waals surface area contributed by atoms with E-state index in [-0.39, 0.29) is 17.2 Å². The molecular weight excluding hydrogens is 401 g/mol. The highest BCUT2D eigenvalue weighted by molar-refractivity contribution is 6.02. The number of likely N-dealkylation sites (N-methyl/N-ethyl adjacent to an activating group) is 1. The van der Waals surface area contributed by atoms with Crippen molar-refractivity contribution in [1.82, 2.24) is 10.2 Å². The first-order valence-corrected chi connectivity index (χ1v) is 8.78. The lowest BCUT2D eigenvalue weighted by atomic mass is 10.1. The van der Waals surface area contributed by atoms with E-state index < -0.39 is 41.2 Å². The fourth-order valence-corrected chi connectivity index (χ4v) is 2.35. The summed E-state index contributed by atoms with van der Waals surface area (Å²) in [6, 6.07) is 5.17. The van der Waals surface area contributed by atoms with Gasteiger partial charge in [0.1, 0.15) is 5.82 Å². The van der Waals surface area contributed by atoms with Gasteiger partial charge in [0.2, 0.25) is 0 Å². The monoisotopic (exact) mass is 422 g/mol. The summed E-state index contributed by atoms with van der Waals surface area (Å²) < 4.78 is 43.4. The number of aryl methyl sites for hydroxylation is 1. The van der Waals surface area contributed by atoms with Crippen molar-refractivity contribution in [3.05, 3.63) is 58.4 Å². The second kappa shape index (κ2) is 9.77. The van der Waals surface area contributed by atoms with Crippen molar-refractivity contribution in [2.24, 2.45) is 5.16 Å². The van der Waals surface area contributed by atoms with E-state index in [2.05, 4.69) is 15.8 Å². The average molecular weight is 422 g/mol. The zero-order valence-corrected chi connectivity index (χ0v) is 16.8. The predicted octanol–water partition coefficient (Wildman–Crippen LogP) is 2.95. The standard InChI is InChI=1S/C20H21F3N4O3/c1-11-5-6-15(14(21)7-11)26-19-13(20(29)24-2)8-12(17(22)18(19)23)9-25-30-10-16(28)27(3)4/h5-9,26H,10H2,1-4H3,(H,24,29)/b25-9+. The third-order valence-corrected chi connectivity index (χ3v) is 4.04. The van der Waals surface area contributed by atoms with Gasteiger partial charge in [0.25, 0.3) is 11.8 Å². The van der Waals surface area contributed by atoms with Crippen molar-refractivity contribution in [3.63, 3.8) is 0 Å². The van der Waals surface area contributed by atoms with E-state index in [4.69, 9.17) is 4.84 Å². The highest BCUT2D eigenvalue weighted by Crippen LogP contribution is 2.30. The lowest BCUT2D eigenvalue weighted by molar-refractivity contribution is -0.133. The molecule has 0 aliphatic rings. The summed E-state index contributed by atoms with van der Waals surface area (Å²) in [4.78, 5) is 29.7. The summed E-state index contributed by atoms with van der Waals surface area (Å²) in [7, 11) is 4.34. The molecule has 7 nitrogen and oxygen atoms in total. The summed E-state index contributed by atoms with van der Waals surface area (Å²) in [5.74, 6) is -4.54. The maximum atomic E-state index is 14.8. The second-order valence-electron chi connectivity index (χ2n) is 6.50. The van der Waals surface area contributed by atoms with Crippen LogP contribution in [0.15, 0.2) is 29.4 Å². The molecule has 30 heavy (non-hydrogen) atoms. The molecule has 0 aliphatic heterocycles. The molecule has 0 atom stereocenters. The summed E-state index contributed by atoms with van der Waals surface area (Å²) in [6.45, 7) is 1.27. The minimum absolute atomic E-state index is 0.129. The maximum absolute atomic E-state index is 14.8. The van der Waals surface area contributed by atoms with Gasteiger partial charge in [0, 0.05) is 26.7 Å². The van der Waals surface area contributed by atoms with E-state index in [9.17, 15) is 22.8 Å². The third kappa shape index (κ3) is 5.28. The molecule has 2 amide bonds. The molecule has 0 radical (unpaired) electrons. The average Bonchev–Trinajstić information content (AvgIpc) is 2.70. The Bertz CT molecular complexity index is 994.